The van der Waals surface area contributed by atoms with Gasteiger partial charge in [-0.25, -0.2) is 0 Å². The molecule has 2 unspecified atom stereocenters. The number of hydrogen-bond acceptors (Lipinski definition) is 10. The van der Waals surface area contributed by atoms with E-state index in [4.69, 9.17) is 37.5 Å². The van der Waals surface area contributed by atoms with Crippen molar-refractivity contribution >= 4 is 22.3 Å². The van der Waals surface area contributed by atoms with Gasteiger partial charge in [-0.1, -0.05) is 56.2 Å². The first kappa shape index (κ1) is 39.1. The number of aliphatic hydroxyl groups is 1. The highest BCUT2D eigenvalue weighted by Gasteiger charge is 2.64. The number of piperidine rings is 1. The maximum absolute atomic E-state index is 11.5. The largest absolute Gasteiger partial charge is 0.504 e. The molecule has 0 radical (unpaired) electrons. The molecule has 50 heavy (non-hydrogen) atoms. The van der Waals surface area contributed by atoms with E-state index in [1.54, 1.807) is 13.2 Å². The van der Waals surface area contributed by atoms with Crippen LogP contribution in [0.2, 0.25) is 0 Å². The lowest BCUT2D eigenvalue weighted by molar-refractivity contribution is -0.150. The van der Waals surface area contributed by atoms with Crippen LogP contribution in [0.1, 0.15) is 69.1 Å². The summed E-state index contributed by atoms with van der Waals surface area (Å²) >= 11 is 0. The molecule has 2 aromatic carbocycles. The second-order valence-corrected chi connectivity index (χ2v) is 14.4. The monoisotopic (exact) mass is 718 g/mol. The van der Waals surface area contributed by atoms with Crippen LogP contribution in [0.5, 0.6) is 17.2 Å². The standard InChI is InChI=1S/C19H29NO4.C17H19NO3.H2O4S/c1-4-5-6-11-18(24-14(2)21)16(13-19(20)22)12-15-9-7-8-10-17(15)23-3;1-18-7-6-17-10-3-5-13(20)16(17)21-15-12(19)4-2-9(14(15)17)8-11(10)18;1-5(2,3)4/h7-10,16,18H,4-6,11-13H2,1-3H3,(H2,20,22);2-5,10-11,13,16,19-20H,6-8H2,1H3;(H2,1,2,3,4)/t;10-,11+,13-,16-,17-;/m.0./s1. The number of phenolic OH excluding ortho intramolecular Hbond substituents is 1. The Morgan fingerprint density at radius 2 is 1.84 bits per heavy atom. The van der Waals surface area contributed by atoms with Crippen molar-refractivity contribution in [2.24, 2.45) is 17.6 Å². The molecular formula is C36H50N2O11S. The topological polar surface area (TPSA) is 206 Å². The number of carbonyl (C=O) groups is 2. The molecule has 2 heterocycles. The highest BCUT2D eigenvalue weighted by molar-refractivity contribution is 7.79. The van der Waals surface area contributed by atoms with Crippen LogP contribution in [0, 0.1) is 11.8 Å². The average Bonchev–Trinajstić information content (AvgIpc) is 3.40. The summed E-state index contributed by atoms with van der Waals surface area (Å²) in [7, 11) is -0.861. The summed E-state index contributed by atoms with van der Waals surface area (Å²) in [5, 5.41) is 20.6. The average molecular weight is 719 g/mol. The molecule has 1 amide bonds. The minimum Gasteiger partial charge on any atom is -0.504 e. The summed E-state index contributed by atoms with van der Waals surface area (Å²) in [5.74, 6) is 1.09. The van der Waals surface area contributed by atoms with Crippen LogP contribution < -0.4 is 15.2 Å². The van der Waals surface area contributed by atoms with Gasteiger partial charge in [0.1, 0.15) is 24.1 Å². The number of ether oxygens (including phenoxy) is 3. The lowest BCUT2D eigenvalue weighted by atomic mass is 9.53. The van der Waals surface area contributed by atoms with Crippen molar-refractivity contribution < 1.29 is 51.5 Å². The molecule has 0 saturated carbocycles. The van der Waals surface area contributed by atoms with Crippen LogP contribution in [0.15, 0.2) is 48.6 Å². The smallest absolute Gasteiger partial charge is 0.394 e. The van der Waals surface area contributed by atoms with E-state index in [1.165, 1.54) is 18.1 Å². The Morgan fingerprint density at radius 1 is 1.14 bits per heavy atom. The van der Waals surface area contributed by atoms with Crippen molar-refractivity contribution in [2.45, 2.75) is 95.0 Å². The Kier molecular flexibility index (Phi) is 12.9. The third-order valence-corrected chi connectivity index (χ3v) is 10.2. The maximum Gasteiger partial charge on any atom is 0.394 e. The third kappa shape index (κ3) is 8.96. The number of hydrogen-bond donors (Lipinski definition) is 5. The zero-order valence-electron chi connectivity index (χ0n) is 29.0. The maximum atomic E-state index is 11.5. The van der Waals surface area contributed by atoms with Crippen molar-refractivity contribution in [2.75, 3.05) is 20.7 Å². The second-order valence-electron chi connectivity index (χ2n) is 13.5. The number of methoxy groups -OCH3 is 1. The van der Waals surface area contributed by atoms with E-state index < -0.39 is 16.5 Å². The Hall–Kier alpha value is -3.69. The van der Waals surface area contributed by atoms with E-state index >= 15 is 0 Å². The number of phenols is 1. The molecule has 276 valence electrons. The SMILES string of the molecule is CCCCCC(OC(C)=O)C(CC(N)=O)Cc1ccccc1OC.CN1CC[C@]23c4c5ccc(O)c4O[C@H]2[C@@H](O)C=C[C@H]3[C@H]1C5.O=S(=O)(O)O. The summed E-state index contributed by atoms with van der Waals surface area (Å²) in [6, 6.07) is 11.9. The van der Waals surface area contributed by atoms with Gasteiger partial charge in [0, 0.05) is 42.2 Å². The molecule has 7 atom stereocenters. The summed E-state index contributed by atoms with van der Waals surface area (Å²) in [5.41, 5.74) is 8.71. The molecule has 13 nitrogen and oxygen atoms in total. The molecule has 4 aliphatic rings. The van der Waals surface area contributed by atoms with E-state index in [-0.39, 0.29) is 47.6 Å². The third-order valence-electron chi connectivity index (χ3n) is 10.2. The lowest BCUT2D eigenvalue weighted by Gasteiger charge is -2.56. The lowest BCUT2D eigenvalue weighted by Crippen LogP contribution is -2.64. The molecule has 2 aliphatic carbocycles. The summed E-state index contributed by atoms with van der Waals surface area (Å²) in [4.78, 5) is 25.4. The minimum absolute atomic E-state index is 0.153. The van der Waals surface area contributed by atoms with Gasteiger partial charge in [-0.15, -0.1) is 0 Å². The number of likely N-dealkylation sites (N-methyl/N-ethyl adjacent to an activating group) is 1. The van der Waals surface area contributed by atoms with Crippen LogP contribution >= 0.6 is 0 Å². The molecule has 6 rings (SSSR count). The molecule has 6 N–H and O–H groups in total. The van der Waals surface area contributed by atoms with Crippen molar-refractivity contribution in [1.82, 2.24) is 4.90 Å². The molecule has 1 saturated heterocycles. The summed E-state index contributed by atoms with van der Waals surface area (Å²) in [6.45, 7) is 4.53. The van der Waals surface area contributed by atoms with Crippen molar-refractivity contribution in [3.63, 3.8) is 0 Å². The van der Waals surface area contributed by atoms with Crippen LogP contribution in [0.25, 0.3) is 0 Å². The fourth-order valence-corrected chi connectivity index (χ4v) is 8.19. The van der Waals surface area contributed by atoms with Gasteiger partial charge in [0.15, 0.2) is 11.5 Å². The predicted octanol–water partition coefficient (Wildman–Crippen LogP) is 3.79. The Labute approximate surface area is 294 Å². The second kappa shape index (κ2) is 16.6. The van der Waals surface area contributed by atoms with Crippen LogP contribution in [0.3, 0.4) is 0 Å². The Balaban J connectivity index is 0.000000199. The number of rotatable bonds is 11. The van der Waals surface area contributed by atoms with Gasteiger partial charge in [-0.3, -0.25) is 18.7 Å². The first-order chi connectivity index (χ1) is 23.6. The van der Waals surface area contributed by atoms with Gasteiger partial charge in [0.05, 0.1) is 7.11 Å². The number of aromatic hydroxyl groups is 1. The van der Waals surface area contributed by atoms with Crippen molar-refractivity contribution in [1.29, 1.82) is 0 Å². The predicted molar refractivity (Wildman–Crippen MR) is 185 cm³/mol. The quantitative estimate of drug-likeness (QED) is 0.0974. The number of carbonyl (C=O) groups excluding carboxylic acids is 2. The van der Waals surface area contributed by atoms with Crippen LogP contribution in [-0.4, -0.2) is 89.6 Å². The van der Waals surface area contributed by atoms with E-state index in [9.17, 15) is 19.8 Å². The number of para-hydroxylation sites is 1. The zero-order chi connectivity index (χ0) is 36.8. The number of unbranched alkanes of at least 4 members (excludes halogenated alkanes) is 2. The van der Waals surface area contributed by atoms with Gasteiger partial charge >= 0.3 is 16.4 Å². The fourth-order valence-electron chi connectivity index (χ4n) is 8.19. The highest BCUT2D eigenvalue weighted by atomic mass is 32.3. The number of amides is 1. The molecule has 14 heteroatoms. The number of nitrogens with two attached hydrogens (primary N) is 1. The summed E-state index contributed by atoms with van der Waals surface area (Å²) in [6.07, 6.45) is 9.47. The van der Waals surface area contributed by atoms with Gasteiger partial charge in [-0.2, -0.15) is 8.42 Å². The molecular weight excluding hydrogens is 668 g/mol. The van der Waals surface area contributed by atoms with Crippen LogP contribution in [-0.2, 0) is 43.0 Å². The molecule has 0 aromatic heterocycles. The number of aliphatic hydroxyl groups excluding tert-OH is 1. The number of nitrogens with zero attached hydrogens (tertiary/aromatic N) is 1. The van der Waals surface area contributed by atoms with Crippen LogP contribution in [0.4, 0.5) is 0 Å². The minimum atomic E-state index is -4.67. The van der Waals surface area contributed by atoms with Crippen molar-refractivity contribution in [3.8, 4) is 17.2 Å². The molecule has 1 fully saturated rings. The summed E-state index contributed by atoms with van der Waals surface area (Å²) < 4.78 is 48.6. The van der Waals surface area contributed by atoms with Crippen molar-refractivity contribution in [3.05, 3.63) is 65.2 Å². The van der Waals surface area contributed by atoms with E-state index in [0.29, 0.717) is 24.1 Å². The number of esters is 1. The van der Waals surface area contributed by atoms with E-state index in [1.807, 2.05) is 36.4 Å². The highest BCUT2D eigenvalue weighted by Crippen LogP contribution is 2.62. The number of primary amides is 1. The first-order valence-electron chi connectivity index (χ1n) is 17.0. The zero-order valence-corrected chi connectivity index (χ0v) is 29.8. The molecule has 2 bridgehead atoms. The van der Waals surface area contributed by atoms with Gasteiger partial charge in [0.2, 0.25) is 5.91 Å². The number of likely N-dealkylation sites (tertiary alicyclic amines) is 1. The first-order valence-corrected chi connectivity index (χ1v) is 18.4. The van der Waals surface area contributed by atoms with E-state index in [0.717, 1.165) is 56.4 Å². The Morgan fingerprint density at radius 3 is 2.48 bits per heavy atom. The Bertz CT molecular complexity index is 1640. The van der Waals surface area contributed by atoms with E-state index in [2.05, 4.69) is 24.9 Å². The normalized spacial score (nSPS) is 25.3. The van der Waals surface area contributed by atoms with Gasteiger partial charge in [0.25, 0.3) is 0 Å². The fraction of sp³-hybridized carbons (Fsp3) is 0.556. The number of benzene rings is 2. The molecule has 2 aliphatic heterocycles. The molecule has 2 aromatic rings. The van der Waals surface area contributed by atoms with Gasteiger partial charge in [-0.05, 0) is 69.0 Å². The van der Waals surface area contributed by atoms with Gasteiger partial charge < -0.3 is 35.1 Å². The molecule has 1 spiro atoms.